The first-order valence-corrected chi connectivity index (χ1v) is 22.2. The number of anilines is 3. The molecule has 0 spiro atoms. The van der Waals surface area contributed by atoms with E-state index < -0.39 is 0 Å². The normalized spacial score (nSPS) is 11.7. The summed E-state index contributed by atoms with van der Waals surface area (Å²) in [4.78, 5) is 2.41. The fourth-order valence-corrected chi connectivity index (χ4v) is 10.0. The van der Waals surface area contributed by atoms with Crippen LogP contribution in [-0.2, 0) is 0 Å². The van der Waals surface area contributed by atoms with E-state index in [0.29, 0.717) is 0 Å². The third kappa shape index (κ3) is 6.12. The zero-order valence-corrected chi connectivity index (χ0v) is 35.3. The molecule has 0 bridgehead atoms. The fraction of sp³-hybridized carbons (Fsp3) is 0. The van der Waals surface area contributed by atoms with Gasteiger partial charge in [-0.25, -0.2) is 0 Å². The molecule has 0 N–H and O–H groups in total. The van der Waals surface area contributed by atoms with Crippen molar-refractivity contribution >= 4 is 82.5 Å². The van der Waals surface area contributed by atoms with Gasteiger partial charge in [-0.3, -0.25) is 0 Å². The monoisotopic (exact) mass is 829 g/mol. The lowest BCUT2D eigenvalue weighted by Gasteiger charge is -2.29. The number of furan rings is 2. The lowest BCUT2D eigenvalue weighted by atomic mass is 9.91. The van der Waals surface area contributed by atoms with E-state index in [1.807, 2.05) is 0 Å². The van der Waals surface area contributed by atoms with Crippen molar-refractivity contribution in [2.24, 2.45) is 0 Å². The van der Waals surface area contributed by atoms with Gasteiger partial charge in [-0.2, -0.15) is 0 Å². The van der Waals surface area contributed by atoms with E-state index in [9.17, 15) is 0 Å². The summed E-state index contributed by atoms with van der Waals surface area (Å²) in [5.41, 5.74) is 15.9. The van der Waals surface area contributed by atoms with Gasteiger partial charge in [0, 0.05) is 32.8 Å². The van der Waals surface area contributed by atoms with Crippen molar-refractivity contribution in [2.75, 3.05) is 4.90 Å². The minimum atomic E-state index is 0.842. The van der Waals surface area contributed by atoms with Crippen molar-refractivity contribution in [3.63, 3.8) is 0 Å². The number of benzene rings is 11. The van der Waals surface area contributed by atoms with Crippen LogP contribution in [0.5, 0.6) is 0 Å². The molecule has 0 aliphatic carbocycles. The average Bonchev–Trinajstić information content (AvgIpc) is 3.95. The second kappa shape index (κ2) is 15.0. The summed E-state index contributed by atoms with van der Waals surface area (Å²) < 4.78 is 13.4. The predicted octanol–water partition coefficient (Wildman–Crippen LogP) is 17.9. The maximum atomic E-state index is 6.80. The van der Waals surface area contributed by atoms with Crippen LogP contribution in [-0.4, -0.2) is 0 Å². The topological polar surface area (TPSA) is 29.5 Å². The maximum absolute atomic E-state index is 6.80. The highest BCUT2D eigenvalue weighted by Gasteiger charge is 2.24. The highest BCUT2D eigenvalue weighted by Crippen LogP contribution is 2.49. The van der Waals surface area contributed by atoms with E-state index in [0.717, 1.165) is 99.4 Å². The number of hydrogen-bond acceptors (Lipinski definition) is 3. The molecular weight excluding hydrogens is 791 g/mol. The second-order valence-corrected chi connectivity index (χ2v) is 16.8. The van der Waals surface area contributed by atoms with Gasteiger partial charge in [0.15, 0.2) is 0 Å². The largest absolute Gasteiger partial charge is 0.456 e. The molecule has 2 aromatic heterocycles. The third-order valence-corrected chi connectivity index (χ3v) is 13.1. The molecule has 13 aromatic rings. The smallest absolute Gasteiger partial charge is 0.143 e. The molecule has 0 unspecified atom stereocenters. The van der Waals surface area contributed by atoms with Crippen LogP contribution in [0.1, 0.15) is 0 Å². The highest BCUT2D eigenvalue weighted by molar-refractivity contribution is 6.21. The van der Waals surface area contributed by atoms with E-state index in [-0.39, 0.29) is 0 Å². The molecule has 13 rings (SSSR count). The Morgan fingerprint density at radius 1 is 0.277 bits per heavy atom. The van der Waals surface area contributed by atoms with E-state index in [2.05, 4.69) is 241 Å². The molecule has 0 fully saturated rings. The number of fused-ring (bicyclic) bond motifs is 9. The summed E-state index contributed by atoms with van der Waals surface area (Å²) in [5, 5.41) is 8.94. The van der Waals surface area contributed by atoms with E-state index >= 15 is 0 Å². The van der Waals surface area contributed by atoms with Crippen LogP contribution in [0.15, 0.2) is 245 Å². The molecule has 3 heteroatoms. The molecule has 0 saturated heterocycles. The lowest BCUT2D eigenvalue weighted by Crippen LogP contribution is -2.11. The van der Waals surface area contributed by atoms with E-state index in [1.54, 1.807) is 0 Å². The van der Waals surface area contributed by atoms with Crippen molar-refractivity contribution < 1.29 is 8.83 Å². The summed E-state index contributed by atoms with van der Waals surface area (Å²) in [5.74, 6) is 0. The Bertz CT molecular complexity index is 3940. The SMILES string of the molecule is c1ccc(-c2ccc(-c3ccc(N(c4ccccc4-c4cccc5oc6cc7ccccc7cc6c45)c4cccc5oc6c7ccccc7ccc6c45)cc3)cc2-c2ccccc2)cc1. The van der Waals surface area contributed by atoms with Crippen molar-refractivity contribution in [2.45, 2.75) is 0 Å². The van der Waals surface area contributed by atoms with Gasteiger partial charge in [-0.15, -0.1) is 0 Å². The standard InChI is InChI=1S/C62H39NO2/c1-3-15-41(16-4-1)48-35-32-46(37-53(48)42-17-5-2-6-18-42)40-29-33-47(34-30-40)63(56-26-14-28-58-61(56)52-36-31-43-19-9-10-22-49(43)62(52)65-58)55-25-12-11-23-50(55)51-24-13-27-57-60(51)54-38-44-20-7-8-21-45(44)39-59(54)64-57/h1-39H. The van der Waals surface area contributed by atoms with E-state index in [1.165, 1.54) is 27.6 Å². The molecule has 0 radical (unpaired) electrons. The van der Waals surface area contributed by atoms with Crippen molar-refractivity contribution in [3.05, 3.63) is 237 Å². The maximum Gasteiger partial charge on any atom is 0.143 e. The highest BCUT2D eigenvalue weighted by atomic mass is 16.3. The zero-order valence-electron chi connectivity index (χ0n) is 35.3. The molecule has 0 aliphatic heterocycles. The Morgan fingerprint density at radius 2 is 0.892 bits per heavy atom. The molecule has 0 amide bonds. The summed E-state index contributed by atoms with van der Waals surface area (Å²) in [6.45, 7) is 0. The number of nitrogens with zero attached hydrogens (tertiary/aromatic N) is 1. The van der Waals surface area contributed by atoms with Gasteiger partial charge in [0.2, 0.25) is 0 Å². The Morgan fingerprint density at radius 3 is 1.69 bits per heavy atom. The lowest BCUT2D eigenvalue weighted by molar-refractivity contribution is 0.669. The van der Waals surface area contributed by atoms with Gasteiger partial charge in [0.1, 0.15) is 22.3 Å². The molecule has 2 heterocycles. The Balaban J connectivity index is 1.02. The van der Waals surface area contributed by atoms with Gasteiger partial charge < -0.3 is 13.7 Å². The zero-order chi connectivity index (χ0) is 42.8. The molecule has 0 saturated carbocycles. The van der Waals surface area contributed by atoms with Gasteiger partial charge in [0.05, 0.1) is 16.8 Å². The minimum absolute atomic E-state index is 0.842. The van der Waals surface area contributed by atoms with Crippen molar-refractivity contribution in [1.29, 1.82) is 0 Å². The molecule has 0 atom stereocenters. The molecule has 3 nitrogen and oxygen atoms in total. The summed E-state index contributed by atoms with van der Waals surface area (Å²) in [6, 6.07) is 84.7. The summed E-state index contributed by atoms with van der Waals surface area (Å²) in [7, 11) is 0. The first-order chi connectivity index (χ1) is 32.2. The number of rotatable bonds is 7. The molecule has 304 valence electrons. The van der Waals surface area contributed by atoms with E-state index in [4.69, 9.17) is 8.83 Å². The molecule has 0 aliphatic rings. The van der Waals surface area contributed by atoms with Crippen LogP contribution in [0.2, 0.25) is 0 Å². The fourth-order valence-electron chi connectivity index (χ4n) is 10.0. The van der Waals surface area contributed by atoms with Gasteiger partial charge in [-0.1, -0.05) is 176 Å². The second-order valence-electron chi connectivity index (χ2n) is 16.8. The summed E-state index contributed by atoms with van der Waals surface area (Å²) in [6.07, 6.45) is 0. The van der Waals surface area contributed by atoms with Gasteiger partial charge in [-0.05, 0) is 116 Å². The Hall–Kier alpha value is -8.66. The van der Waals surface area contributed by atoms with Gasteiger partial charge in [0.25, 0.3) is 0 Å². The van der Waals surface area contributed by atoms with Crippen molar-refractivity contribution in [1.82, 2.24) is 0 Å². The first-order valence-electron chi connectivity index (χ1n) is 22.2. The molecule has 11 aromatic carbocycles. The van der Waals surface area contributed by atoms with Crippen LogP contribution in [0, 0.1) is 0 Å². The number of hydrogen-bond donors (Lipinski definition) is 0. The Kier molecular flexibility index (Phi) is 8.53. The van der Waals surface area contributed by atoms with Crippen LogP contribution in [0.3, 0.4) is 0 Å². The van der Waals surface area contributed by atoms with Crippen LogP contribution in [0.4, 0.5) is 17.1 Å². The average molecular weight is 830 g/mol. The van der Waals surface area contributed by atoms with Gasteiger partial charge >= 0.3 is 0 Å². The molecule has 65 heavy (non-hydrogen) atoms. The first kappa shape index (κ1) is 36.9. The third-order valence-electron chi connectivity index (χ3n) is 13.1. The quantitative estimate of drug-likeness (QED) is 0.160. The van der Waals surface area contributed by atoms with Crippen molar-refractivity contribution in [3.8, 4) is 44.5 Å². The number of para-hydroxylation sites is 1. The van der Waals surface area contributed by atoms with Crippen LogP contribution in [0.25, 0.3) is 110 Å². The van der Waals surface area contributed by atoms with Crippen LogP contribution < -0.4 is 4.90 Å². The Labute approximate surface area is 375 Å². The minimum Gasteiger partial charge on any atom is -0.456 e. The van der Waals surface area contributed by atoms with Crippen LogP contribution >= 0.6 is 0 Å². The molecular formula is C62H39NO2. The predicted molar refractivity (Wildman–Crippen MR) is 272 cm³/mol. The summed E-state index contributed by atoms with van der Waals surface area (Å²) >= 11 is 0.